The highest BCUT2D eigenvalue weighted by Gasteiger charge is 2.29. The van der Waals surface area contributed by atoms with Gasteiger partial charge in [0.2, 0.25) is 11.8 Å². The second-order valence-corrected chi connectivity index (χ2v) is 4.00. The van der Waals surface area contributed by atoms with Crippen molar-refractivity contribution in [3.63, 3.8) is 0 Å². The topological polar surface area (TPSA) is 69.7 Å². The van der Waals surface area contributed by atoms with Crippen LogP contribution in [0.5, 0.6) is 0 Å². The minimum absolute atomic E-state index is 0.177. The third-order valence-electron chi connectivity index (χ3n) is 2.78. The second-order valence-electron chi connectivity index (χ2n) is 4.00. The van der Waals surface area contributed by atoms with Crippen LogP contribution in [0.25, 0.3) is 0 Å². The zero-order valence-corrected chi connectivity index (χ0v) is 10.1. The summed E-state index contributed by atoms with van der Waals surface area (Å²) in [6.07, 6.45) is 0. The third kappa shape index (κ3) is 2.04. The van der Waals surface area contributed by atoms with Crippen molar-refractivity contribution in [3.05, 3.63) is 29.8 Å². The molecule has 0 radical (unpaired) electrons. The lowest BCUT2D eigenvalue weighted by Crippen LogP contribution is -2.48. The van der Waals surface area contributed by atoms with E-state index in [0.29, 0.717) is 11.3 Å². The van der Waals surface area contributed by atoms with Gasteiger partial charge in [-0.25, -0.2) is 5.01 Å². The maximum atomic E-state index is 12.3. The molecule has 1 heterocycles. The van der Waals surface area contributed by atoms with Gasteiger partial charge in [0.05, 0.1) is 11.3 Å². The Kier molecular flexibility index (Phi) is 3.01. The zero-order valence-electron chi connectivity index (χ0n) is 10.1. The van der Waals surface area contributed by atoms with Gasteiger partial charge in [0.15, 0.2) is 0 Å². The molecule has 1 N–H and O–H groups in total. The summed E-state index contributed by atoms with van der Waals surface area (Å²) < 4.78 is 0. The van der Waals surface area contributed by atoms with Crippen LogP contribution in [0.2, 0.25) is 0 Å². The predicted molar refractivity (Wildman–Crippen MR) is 64.6 cm³/mol. The molecule has 6 nitrogen and oxygen atoms in total. The molecule has 1 aliphatic rings. The monoisotopic (exact) mass is 247 g/mol. The van der Waals surface area contributed by atoms with Crippen molar-refractivity contribution in [1.82, 2.24) is 10.0 Å². The molecule has 0 atom stereocenters. The summed E-state index contributed by atoms with van der Waals surface area (Å²) in [4.78, 5) is 35.3. The molecule has 1 aromatic carbocycles. The maximum absolute atomic E-state index is 12.3. The summed E-state index contributed by atoms with van der Waals surface area (Å²) in [5.41, 5.74) is 0.836. The number of anilines is 1. The number of nitrogens with zero attached hydrogens (tertiary/aromatic N) is 2. The standard InChI is InChI=1S/C12H13N3O3/c1-8(16)14(2)15-7-11(17)13-10-6-4-3-5-9(10)12(15)18/h3-6H,7H2,1-2H3,(H,13,17). The SMILES string of the molecule is CC(=O)N(C)N1CC(=O)Nc2ccccc2C1=O. The summed E-state index contributed by atoms with van der Waals surface area (Å²) in [6, 6.07) is 6.71. The maximum Gasteiger partial charge on any atom is 0.275 e. The van der Waals surface area contributed by atoms with Crippen LogP contribution in [0.3, 0.4) is 0 Å². The van der Waals surface area contributed by atoms with Gasteiger partial charge in [-0.3, -0.25) is 19.4 Å². The first-order valence-electron chi connectivity index (χ1n) is 5.45. The van der Waals surface area contributed by atoms with Crippen molar-refractivity contribution in [1.29, 1.82) is 0 Å². The van der Waals surface area contributed by atoms with Crippen LogP contribution in [-0.4, -0.2) is 41.3 Å². The molecular formula is C12H13N3O3. The number of para-hydroxylation sites is 1. The molecule has 6 heteroatoms. The molecule has 3 amide bonds. The summed E-state index contributed by atoms with van der Waals surface area (Å²) >= 11 is 0. The van der Waals surface area contributed by atoms with Gasteiger partial charge < -0.3 is 5.32 Å². The van der Waals surface area contributed by atoms with E-state index in [2.05, 4.69) is 5.32 Å². The van der Waals surface area contributed by atoms with Crippen molar-refractivity contribution < 1.29 is 14.4 Å². The molecule has 0 aromatic heterocycles. The number of fused-ring (bicyclic) bond motifs is 1. The fourth-order valence-electron chi connectivity index (χ4n) is 1.73. The van der Waals surface area contributed by atoms with E-state index in [1.807, 2.05) is 0 Å². The van der Waals surface area contributed by atoms with Gasteiger partial charge in [-0.2, -0.15) is 0 Å². The van der Waals surface area contributed by atoms with Crippen molar-refractivity contribution in [2.45, 2.75) is 6.92 Å². The number of amides is 3. The number of hydrogen-bond donors (Lipinski definition) is 1. The molecule has 0 unspecified atom stereocenters. The largest absolute Gasteiger partial charge is 0.324 e. The minimum atomic E-state index is -0.373. The number of carbonyl (C=O) groups excluding carboxylic acids is 3. The Hall–Kier alpha value is -2.37. The average molecular weight is 247 g/mol. The number of nitrogens with one attached hydrogen (secondary N) is 1. The lowest BCUT2D eigenvalue weighted by atomic mass is 10.1. The van der Waals surface area contributed by atoms with Crippen LogP contribution in [-0.2, 0) is 9.59 Å². The first-order valence-corrected chi connectivity index (χ1v) is 5.45. The van der Waals surface area contributed by atoms with Crippen LogP contribution < -0.4 is 5.32 Å². The molecule has 94 valence electrons. The molecule has 0 spiro atoms. The highest BCUT2D eigenvalue weighted by molar-refractivity contribution is 6.08. The fourth-order valence-corrected chi connectivity index (χ4v) is 1.73. The van der Waals surface area contributed by atoms with E-state index >= 15 is 0 Å². The van der Waals surface area contributed by atoms with Crippen molar-refractivity contribution in [2.24, 2.45) is 0 Å². The van der Waals surface area contributed by atoms with E-state index < -0.39 is 0 Å². The molecule has 0 saturated carbocycles. The Morgan fingerprint density at radius 3 is 2.67 bits per heavy atom. The van der Waals surface area contributed by atoms with E-state index in [1.165, 1.54) is 14.0 Å². The zero-order chi connectivity index (χ0) is 13.3. The summed E-state index contributed by atoms with van der Waals surface area (Å²) in [6.45, 7) is 1.16. The number of hydrogen-bond acceptors (Lipinski definition) is 3. The van der Waals surface area contributed by atoms with Crippen LogP contribution in [0.15, 0.2) is 24.3 Å². The highest BCUT2D eigenvalue weighted by Crippen LogP contribution is 2.20. The van der Waals surface area contributed by atoms with E-state index in [1.54, 1.807) is 24.3 Å². The summed E-state index contributed by atoms with van der Waals surface area (Å²) in [5, 5.41) is 4.91. The number of benzene rings is 1. The number of hydrazine groups is 1. The van der Waals surface area contributed by atoms with Gasteiger partial charge in [-0.15, -0.1) is 0 Å². The van der Waals surface area contributed by atoms with Gasteiger partial charge in [-0.1, -0.05) is 12.1 Å². The van der Waals surface area contributed by atoms with Crippen molar-refractivity contribution in [2.75, 3.05) is 18.9 Å². The highest BCUT2D eigenvalue weighted by atomic mass is 16.2. The van der Waals surface area contributed by atoms with Gasteiger partial charge in [0.25, 0.3) is 5.91 Å². The lowest BCUT2D eigenvalue weighted by Gasteiger charge is -2.28. The minimum Gasteiger partial charge on any atom is -0.324 e. The second kappa shape index (κ2) is 4.48. The summed E-state index contributed by atoms with van der Waals surface area (Å²) in [7, 11) is 1.46. The molecule has 2 rings (SSSR count). The quantitative estimate of drug-likeness (QED) is 0.784. The van der Waals surface area contributed by atoms with Crippen LogP contribution in [0, 0.1) is 0 Å². The molecule has 0 saturated heterocycles. The molecule has 0 fully saturated rings. The molecule has 0 bridgehead atoms. The molecular weight excluding hydrogens is 234 g/mol. The van der Waals surface area contributed by atoms with Gasteiger partial charge >= 0.3 is 0 Å². The Labute approximate surface area is 104 Å². The Balaban J connectivity index is 2.44. The number of carbonyl (C=O) groups is 3. The van der Waals surface area contributed by atoms with Crippen LogP contribution >= 0.6 is 0 Å². The summed E-state index contributed by atoms with van der Waals surface area (Å²) in [5.74, 6) is -1.02. The van der Waals surface area contributed by atoms with Gasteiger partial charge in [0, 0.05) is 14.0 Å². The molecule has 1 aliphatic heterocycles. The normalized spacial score (nSPS) is 14.7. The Morgan fingerprint density at radius 1 is 1.33 bits per heavy atom. The lowest BCUT2D eigenvalue weighted by molar-refractivity contribution is -0.140. The Morgan fingerprint density at radius 2 is 2.00 bits per heavy atom. The first kappa shape index (κ1) is 12.1. The van der Waals surface area contributed by atoms with E-state index in [9.17, 15) is 14.4 Å². The average Bonchev–Trinajstić information content (AvgIpc) is 2.46. The van der Waals surface area contributed by atoms with E-state index in [0.717, 1.165) is 10.0 Å². The van der Waals surface area contributed by atoms with E-state index in [4.69, 9.17) is 0 Å². The molecule has 1 aromatic rings. The van der Waals surface area contributed by atoms with Gasteiger partial charge in [-0.05, 0) is 12.1 Å². The van der Waals surface area contributed by atoms with Crippen LogP contribution in [0.4, 0.5) is 5.69 Å². The first-order chi connectivity index (χ1) is 8.50. The van der Waals surface area contributed by atoms with Crippen molar-refractivity contribution >= 4 is 23.4 Å². The molecule has 0 aliphatic carbocycles. The fraction of sp³-hybridized carbons (Fsp3) is 0.250. The van der Waals surface area contributed by atoms with Gasteiger partial charge in [0.1, 0.15) is 6.54 Å². The predicted octanol–water partition coefficient (Wildman–Crippen LogP) is 0.474. The van der Waals surface area contributed by atoms with E-state index in [-0.39, 0.29) is 24.3 Å². The third-order valence-corrected chi connectivity index (χ3v) is 2.78. The van der Waals surface area contributed by atoms with Crippen molar-refractivity contribution in [3.8, 4) is 0 Å². The van der Waals surface area contributed by atoms with Crippen LogP contribution in [0.1, 0.15) is 17.3 Å². The Bertz CT molecular complexity index is 527. The number of rotatable bonds is 1. The molecule has 18 heavy (non-hydrogen) atoms. The smallest absolute Gasteiger partial charge is 0.275 e.